The Balaban J connectivity index is 2.15. The maximum absolute atomic E-state index is 6.06. The van der Waals surface area contributed by atoms with Crippen LogP contribution < -0.4 is 0 Å². The number of benzene rings is 1. The second-order valence-corrected chi connectivity index (χ2v) is 5.60. The minimum Gasteiger partial charge on any atom is -0.377 e. The molecule has 0 aliphatic rings. The molecular formula is C16H25ClO. The Kier molecular flexibility index (Phi) is 7.38. The molecule has 0 saturated heterocycles. The van der Waals surface area contributed by atoms with Crippen molar-refractivity contribution >= 4 is 11.6 Å². The van der Waals surface area contributed by atoms with Gasteiger partial charge in [0, 0.05) is 12.5 Å². The Bertz CT molecular complexity index is 312. The molecule has 0 aliphatic heterocycles. The minimum absolute atomic E-state index is 0.284. The molecule has 1 atom stereocenters. The maximum atomic E-state index is 6.06. The fourth-order valence-corrected chi connectivity index (χ4v) is 2.49. The summed E-state index contributed by atoms with van der Waals surface area (Å²) in [5, 5.41) is 0. The van der Waals surface area contributed by atoms with Crippen molar-refractivity contribution in [1.82, 2.24) is 0 Å². The number of rotatable bonds is 9. The molecule has 0 heterocycles. The summed E-state index contributed by atoms with van der Waals surface area (Å²) in [6, 6.07) is 10.3. The van der Waals surface area contributed by atoms with Crippen molar-refractivity contribution in [3.8, 4) is 0 Å². The van der Waals surface area contributed by atoms with Gasteiger partial charge in [-0.3, -0.25) is 0 Å². The van der Waals surface area contributed by atoms with E-state index in [2.05, 4.69) is 26.0 Å². The van der Waals surface area contributed by atoms with Gasteiger partial charge in [-0.15, -0.1) is 11.6 Å². The number of hydrogen-bond donors (Lipinski definition) is 0. The van der Waals surface area contributed by atoms with E-state index in [-0.39, 0.29) is 5.41 Å². The van der Waals surface area contributed by atoms with Gasteiger partial charge in [-0.05, 0) is 30.2 Å². The zero-order chi connectivity index (χ0) is 13.3. The van der Waals surface area contributed by atoms with Crippen molar-refractivity contribution in [3.63, 3.8) is 0 Å². The van der Waals surface area contributed by atoms with Crippen LogP contribution in [-0.4, -0.2) is 12.5 Å². The van der Waals surface area contributed by atoms with Crippen LogP contribution in [0.2, 0.25) is 0 Å². The highest BCUT2D eigenvalue weighted by atomic mass is 35.5. The monoisotopic (exact) mass is 268 g/mol. The summed E-state index contributed by atoms with van der Waals surface area (Å²) in [6.45, 7) is 6.04. The van der Waals surface area contributed by atoms with Crippen molar-refractivity contribution < 1.29 is 4.74 Å². The third kappa shape index (κ3) is 5.88. The van der Waals surface area contributed by atoms with Gasteiger partial charge < -0.3 is 4.74 Å². The minimum atomic E-state index is 0.284. The zero-order valence-electron chi connectivity index (χ0n) is 11.6. The second-order valence-electron chi connectivity index (χ2n) is 5.34. The van der Waals surface area contributed by atoms with Crippen molar-refractivity contribution in [2.75, 3.05) is 12.5 Å². The van der Waals surface area contributed by atoms with Gasteiger partial charge in [0.2, 0.25) is 0 Å². The number of alkyl halides is 1. The lowest BCUT2D eigenvalue weighted by Gasteiger charge is -2.26. The van der Waals surface area contributed by atoms with Gasteiger partial charge in [0.05, 0.1) is 6.61 Å². The molecule has 1 rings (SSSR count). The normalized spacial score (nSPS) is 14.4. The highest BCUT2D eigenvalue weighted by Crippen LogP contribution is 2.30. The molecule has 0 aliphatic carbocycles. The fraction of sp³-hybridized carbons (Fsp3) is 0.625. The average molecular weight is 269 g/mol. The smallest absolute Gasteiger partial charge is 0.0716 e. The van der Waals surface area contributed by atoms with Gasteiger partial charge in [0.1, 0.15) is 0 Å². The van der Waals surface area contributed by atoms with Crippen molar-refractivity contribution in [2.24, 2.45) is 5.41 Å². The van der Waals surface area contributed by atoms with Gasteiger partial charge in [-0.2, -0.15) is 0 Å². The van der Waals surface area contributed by atoms with Crippen LogP contribution in [0.5, 0.6) is 0 Å². The van der Waals surface area contributed by atoms with Gasteiger partial charge >= 0.3 is 0 Å². The molecule has 2 heteroatoms. The van der Waals surface area contributed by atoms with E-state index >= 15 is 0 Å². The molecule has 0 N–H and O–H groups in total. The molecule has 0 aromatic heterocycles. The Labute approximate surface area is 116 Å². The van der Waals surface area contributed by atoms with E-state index in [1.165, 1.54) is 18.4 Å². The van der Waals surface area contributed by atoms with E-state index < -0.39 is 0 Å². The molecule has 0 amide bonds. The lowest BCUT2D eigenvalue weighted by atomic mass is 9.83. The molecule has 1 nitrogen and oxygen atoms in total. The largest absolute Gasteiger partial charge is 0.377 e. The van der Waals surface area contributed by atoms with Crippen LogP contribution >= 0.6 is 11.6 Å². The first-order valence-corrected chi connectivity index (χ1v) is 7.41. The van der Waals surface area contributed by atoms with E-state index in [9.17, 15) is 0 Å². The number of ether oxygens (including phenoxy) is 1. The summed E-state index contributed by atoms with van der Waals surface area (Å²) in [5.41, 5.74) is 1.53. The summed E-state index contributed by atoms with van der Waals surface area (Å²) >= 11 is 6.06. The zero-order valence-corrected chi connectivity index (χ0v) is 12.4. The van der Waals surface area contributed by atoms with Crippen LogP contribution in [0.15, 0.2) is 30.3 Å². The summed E-state index contributed by atoms with van der Waals surface area (Å²) in [7, 11) is 0. The third-order valence-corrected chi connectivity index (χ3v) is 4.00. The van der Waals surface area contributed by atoms with Crippen molar-refractivity contribution in [1.29, 1.82) is 0 Å². The summed E-state index contributed by atoms with van der Waals surface area (Å²) in [4.78, 5) is 0. The molecule has 1 unspecified atom stereocenters. The fourth-order valence-electron chi connectivity index (χ4n) is 2.23. The van der Waals surface area contributed by atoms with Gasteiger partial charge in [-0.25, -0.2) is 0 Å². The Morgan fingerprint density at radius 1 is 1.17 bits per heavy atom. The maximum Gasteiger partial charge on any atom is 0.0716 e. The van der Waals surface area contributed by atoms with Crippen LogP contribution in [0.3, 0.4) is 0 Å². The third-order valence-electron chi connectivity index (χ3n) is 3.36. The Hall–Kier alpha value is -0.530. The first kappa shape index (κ1) is 15.5. The first-order chi connectivity index (χ1) is 8.70. The van der Waals surface area contributed by atoms with Crippen LogP contribution in [0.4, 0.5) is 0 Å². The summed E-state index contributed by atoms with van der Waals surface area (Å²) in [5.74, 6) is 0.750. The molecule has 0 spiro atoms. The van der Waals surface area contributed by atoms with Gasteiger partial charge in [0.25, 0.3) is 0 Å². The molecule has 0 fully saturated rings. The van der Waals surface area contributed by atoms with E-state index in [0.717, 1.165) is 25.3 Å². The van der Waals surface area contributed by atoms with Crippen LogP contribution in [0.1, 0.15) is 45.1 Å². The Morgan fingerprint density at radius 2 is 1.89 bits per heavy atom. The van der Waals surface area contributed by atoms with Crippen molar-refractivity contribution in [3.05, 3.63) is 35.9 Å². The molecule has 0 radical (unpaired) electrons. The lowest BCUT2D eigenvalue weighted by Crippen LogP contribution is -2.19. The predicted octanol–water partition coefficient (Wildman–Crippen LogP) is 5.03. The van der Waals surface area contributed by atoms with E-state index in [0.29, 0.717) is 6.61 Å². The molecule has 0 bridgehead atoms. The average Bonchev–Trinajstić information content (AvgIpc) is 2.40. The quantitative estimate of drug-likeness (QED) is 0.451. The molecule has 0 saturated carbocycles. The number of halogens is 1. The van der Waals surface area contributed by atoms with E-state index in [1.807, 2.05) is 18.2 Å². The van der Waals surface area contributed by atoms with Crippen LogP contribution in [0, 0.1) is 5.41 Å². The Morgan fingerprint density at radius 3 is 2.50 bits per heavy atom. The van der Waals surface area contributed by atoms with Crippen molar-refractivity contribution in [2.45, 2.75) is 46.1 Å². The topological polar surface area (TPSA) is 9.23 Å². The molecular weight excluding hydrogens is 244 g/mol. The second kappa shape index (κ2) is 8.55. The number of hydrogen-bond acceptors (Lipinski definition) is 1. The highest BCUT2D eigenvalue weighted by molar-refractivity contribution is 6.18. The standard InChI is InChI=1S/C16H25ClO/c1-3-10-16(2,14-17)11-7-12-18-13-15-8-5-4-6-9-15/h4-6,8-9H,3,7,10-14H2,1-2H3. The molecule has 1 aromatic rings. The van der Waals surface area contributed by atoms with Gasteiger partial charge in [0.15, 0.2) is 0 Å². The summed E-state index contributed by atoms with van der Waals surface area (Å²) in [6.07, 6.45) is 4.65. The predicted molar refractivity (Wildman–Crippen MR) is 79.1 cm³/mol. The van der Waals surface area contributed by atoms with E-state index in [4.69, 9.17) is 16.3 Å². The lowest BCUT2D eigenvalue weighted by molar-refractivity contribution is 0.107. The molecule has 1 aromatic carbocycles. The SMILES string of the molecule is CCCC(C)(CCl)CCCOCc1ccccc1. The van der Waals surface area contributed by atoms with Crippen LogP contribution in [-0.2, 0) is 11.3 Å². The highest BCUT2D eigenvalue weighted by Gasteiger charge is 2.21. The summed E-state index contributed by atoms with van der Waals surface area (Å²) < 4.78 is 5.69. The molecule has 102 valence electrons. The van der Waals surface area contributed by atoms with Gasteiger partial charge in [-0.1, -0.05) is 50.6 Å². The van der Waals surface area contributed by atoms with E-state index in [1.54, 1.807) is 0 Å². The van der Waals surface area contributed by atoms with Crippen LogP contribution in [0.25, 0.3) is 0 Å². The molecule has 18 heavy (non-hydrogen) atoms. The first-order valence-electron chi connectivity index (χ1n) is 6.88.